The summed E-state index contributed by atoms with van der Waals surface area (Å²) >= 11 is 0. The lowest BCUT2D eigenvalue weighted by molar-refractivity contribution is -0.137. The number of carbonyl (C=O) groups excluding carboxylic acids is 1. The molecule has 9 heteroatoms. The first-order chi connectivity index (χ1) is 13.6. The summed E-state index contributed by atoms with van der Waals surface area (Å²) in [6, 6.07) is 9.32. The fourth-order valence-electron chi connectivity index (χ4n) is 2.60. The number of carbonyl (C=O) groups is 1. The minimum absolute atomic E-state index is 0.0542. The van der Waals surface area contributed by atoms with Crippen molar-refractivity contribution in [2.45, 2.75) is 19.6 Å². The Balaban J connectivity index is 1.68. The van der Waals surface area contributed by atoms with Crippen molar-refractivity contribution in [3.05, 3.63) is 65.2 Å². The zero-order valence-electron chi connectivity index (χ0n) is 16.0. The number of benzene rings is 1. The van der Waals surface area contributed by atoms with Crippen LogP contribution >= 0.6 is 0 Å². The number of nitrogens with zero attached hydrogens (tertiary/aromatic N) is 3. The third-order valence-electron chi connectivity index (χ3n) is 4.05. The molecule has 0 atom stereocenters. The van der Waals surface area contributed by atoms with Crippen LogP contribution in [-0.2, 0) is 12.7 Å². The van der Waals surface area contributed by atoms with Crippen LogP contribution in [0.3, 0.4) is 0 Å². The zero-order chi connectivity index (χ0) is 21.2. The summed E-state index contributed by atoms with van der Waals surface area (Å²) in [6.45, 7) is 2.02. The molecule has 152 valence electrons. The second-order valence-electron chi connectivity index (χ2n) is 6.62. The minimum atomic E-state index is -4.40. The number of halogens is 3. The molecule has 0 saturated carbocycles. The van der Waals surface area contributed by atoms with Gasteiger partial charge < -0.3 is 14.6 Å². The number of aromatic nitrogens is 2. The first-order valence-electron chi connectivity index (χ1n) is 8.71. The van der Waals surface area contributed by atoms with Gasteiger partial charge in [0, 0.05) is 25.4 Å². The summed E-state index contributed by atoms with van der Waals surface area (Å²) in [7, 11) is 3.64. The molecular weight excluding hydrogens is 385 g/mol. The van der Waals surface area contributed by atoms with Crippen molar-refractivity contribution in [3.63, 3.8) is 0 Å². The lowest BCUT2D eigenvalue weighted by Gasteiger charge is -2.12. The molecule has 0 radical (unpaired) electrons. The predicted octanol–water partition coefficient (Wildman–Crippen LogP) is 4.06. The van der Waals surface area contributed by atoms with Crippen molar-refractivity contribution in [2.24, 2.45) is 0 Å². The molecule has 0 aliphatic carbocycles. The van der Waals surface area contributed by atoms with Crippen LogP contribution in [0.4, 0.5) is 19.1 Å². The van der Waals surface area contributed by atoms with E-state index in [-0.39, 0.29) is 12.3 Å². The fraction of sp³-hybridized carbons (Fsp3) is 0.250. The van der Waals surface area contributed by atoms with Crippen molar-refractivity contribution >= 4 is 11.9 Å². The summed E-state index contributed by atoms with van der Waals surface area (Å²) in [5.41, 5.74) is 1.11. The number of hydrogen-bond acceptors (Lipinski definition) is 5. The Morgan fingerprint density at radius 3 is 2.41 bits per heavy atom. The molecule has 0 unspecified atom stereocenters. The molecule has 0 saturated heterocycles. The Morgan fingerprint density at radius 2 is 1.79 bits per heavy atom. The Labute approximate surface area is 165 Å². The van der Waals surface area contributed by atoms with Crippen molar-refractivity contribution in [3.8, 4) is 11.3 Å². The maximum Gasteiger partial charge on any atom is 0.416 e. The van der Waals surface area contributed by atoms with Crippen LogP contribution in [-0.4, -0.2) is 30.0 Å². The van der Waals surface area contributed by atoms with Gasteiger partial charge in [0.05, 0.1) is 17.8 Å². The van der Waals surface area contributed by atoms with Crippen LogP contribution in [0.1, 0.15) is 27.5 Å². The molecule has 0 aliphatic rings. The third kappa shape index (κ3) is 4.92. The molecule has 2 aromatic heterocycles. The third-order valence-corrected chi connectivity index (χ3v) is 4.05. The Kier molecular flexibility index (Phi) is 5.58. The highest BCUT2D eigenvalue weighted by Crippen LogP contribution is 2.31. The number of rotatable bonds is 5. The molecule has 29 heavy (non-hydrogen) atoms. The molecule has 2 heterocycles. The van der Waals surface area contributed by atoms with Crippen LogP contribution in [0.2, 0.25) is 0 Å². The smallest absolute Gasteiger partial charge is 0.416 e. The first-order valence-corrected chi connectivity index (χ1v) is 8.71. The van der Waals surface area contributed by atoms with Gasteiger partial charge in [-0.15, -0.1) is 0 Å². The maximum absolute atomic E-state index is 12.7. The number of nitrogens with one attached hydrogen (secondary N) is 1. The van der Waals surface area contributed by atoms with Crippen LogP contribution in [0.25, 0.3) is 11.3 Å². The van der Waals surface area contributed by atoms with E-state index in [2.05, 4.69) is 15.3 Å². The van der Waals surface area contributed by atoms with Crippen molar-refractivity contribution in [2.75, 3.05) is 19.0 Å². The van der Waals surface area contributed by atoms with E-state index < -0.39 is 17.6 Å². The van der Waals surface area contributed by atoms with Crippen molar-refractivity contribution in [1.82, 2.24) is 15.3 Å². The van der Waals surface area contributed by atoms with Gasteiger partial charge in [0.15, 0.2) is 5.76 Å². The molecule has 3 aromatic rings. The fourth-order valence-corrected chi connectivity index (χ4v) is 2.60. The summed E-state index contributed by atoms with van der Waals surface area (Å²) in [6.07, 6.45) is -4.40. The van der Waals surface area contributed by atoms with Crippen LogP contribution in [0.5, 0.6) is 0 Å². The Hall–Kier alpha value is -3.36. The topological polar surface area (TPSA) is 71.3 Å². The average molecular weight is 404 g/mol. The second-order valence-corrected chi connectivity index (χ2v) is 6.62. The normalized spacial score (nSPS) is 11.4. The van der Waals surface area contributed by atoms with E-state index in [9.17, 15) is 18.0 Å². The molecule has 0 aliphatic heterocycles. The van der Waals surface area contributed by atoms with Gasteiger partial charge in [-0.05, 0) is 37.3 Å². The SMILES string of the molecule is Cc1cc(CNC(=O)c2ccc(-c3ccc(C(F)(F)F)cc3)o2)nc(N(C)C)n1. The van der Waals surface area contributed by atoms with Gasteiger partial charge in [-0.25, -0.2) is 9.97 Å². The number of aryl methyl sites for hydroxylation is 1. The van der Waals surface area contributed by atoms with E-state index in [1.807, 2.05) is 21.0 Å². The first kappa shape index (κ1) is 20.4. The summed E-state index contributed by atoms with van der Waals surface area (Å²) in [5.74, 6) is 0.442. The van der Waals surface area contributed by atoms with Gasteiger partial charge in [-0.3, -0.25) is 4.79 Å². The van der Waals surface area contributed by atoms with Gasteiger partial charge in [-0.2, -0.15) is 13.2 Å². The van der Waals surface area contributed by atoms with Gasteiger partial charge >= 0.3 is 6.18 Å². The monoisotopic (exact) mass is 404 g/mol. The Bertz CT molecular complexity index is 1010. The summed E-state index contributed by atoms with van der Waals surface area (Å²) in [4.78, 5) is 22.8. The minimum Gasteiger partial charge on any atom is -0.451 e. The van der Waals surface area contributed by atoms with E-state index in [1.54, 1.807) is 11.0 Å². The van der Waals surface area contributed by atoms with E-state index in [4.69, 9.17) is 4.42 Å². The zero-order valence-corrected chi connectivity index (χ0v) is 16.0. The van der Waals surface area contributed by atoms with Gasteiger partial charge in [0.2, 0.25) is 5.95 Å². The quantitative estimate of drug-likeness (QED) is 0.694. The van der Waals surface area contributed by atoms with E-state index >= 15 is 0 Å². The Morgan fingerprint density at radius 1 is 1.10 bits per heavy atom. The molecule has 0 bridgehead atoms. The number of amides is 1. The van der Waals surface area contributed by atoms with Crippen molar-refractivity contribution < 1.29 is 22.4 Å². The predicted molar refractivity (Wildman–Crippen MR) is 101 cm³/mol. The lowest BCUT2D eigenvalue weighted by Crippen LogP contribution is -2.23. The largest absolute Gasteiger partial charge is 0.451 e. The molecular formula is C20H19F3N4O2. The highest BCUT2D eigenvalue weighted by Gasteiger charge is 2.30. The van der Waals surface area contributed by atoms with Crippen LogP contribution < -0.4 is 10.2 Å². The summed E-state index contributed by atoms with van der Waals surface area (Å²) < 4.78 is 43.5. The number of hydrogen-bond donors (Lipinski definition) is 1. The number of anilines is 1. The van der Waals surface area contributed by atoms with E-state index in [0.717, 1.165) is 17.8 Å². The van der Waals surface area contributed by atoms with E-state index in [1.165, 1.54) is 24.3 Å². The lowest BCUT2D eigenvalue weighted by atomic mass is 10.1. The van der Waals surface area contributed by atoms with E-state index in [0.29, 0.717) is 23.0 Å². The molecule has 6 nitrogen and oxygen atoms in total. The maximum atomic E-state index is 12.7. The summed E-state index contributed by atoms with van der Waals surface area (Å²) in [5, 5.41) is 2.71. The van der Waals surface area contributed by atoms with Crippen LogP contribution in [0, 0.1) is 6.92 Å². The molecule has 3 rings (SSSR count). The molecule has 0 fully saturated rings. The van der Waals surface area contributed by atoms with Crippen LogP contribution in [0.15, 0.2) is 46.9 Å². The second kappa shape index (κ2) is 7.94. The standard InChI is InChI=1S/C20H19F3N4O2/c1-12-10-15(26-19(25-12)27(2)3)11-24-18(28)17-9-8-16(29-17)13-4-6-14(7-5-13)20(21,22)23/h4-10H,11H2,1-3H3,(H,24,28). The number of furan rings is 1. The highest BCUT2D eigenvalue weighted by atomic mass is 19.4. The molecule has 1 aromatic carbocycles. The number of alkyl halides is 3. The average Bonchev–Trinajstić information content (AvgIpc) is 3.15. The molecule has 1 amide bonds. The molecule has 0 spiro atoms. The molecule has 1 N–H and O–H groups in total. The highest BCUT2D eigenvalue weighted by molar-refractivity contribution is 5.92. The van der Waals surface area contributed by atoms with Gasteiger partial charge in [0.1, 0.15) is 5.76 Å². The van der Waals surface area contributed by atoms with Gasteiger partial charge in [0.25, 0.3) is 5.91 Å². The van der Waals surface area contributed by atoms with Gasteiger partial charge in [-0.1, -0.05) is 12.1 Å². The van der Waals surface area contributed by atoms with Crippen molar-refractivity contribution in [1.29, 1.82) is 0 Å².